The molecule has 0 amide bonds. The van der Waals surface area contributed by atoms with Crippen molar-refractivity contribution < 1.29 is 19.1 Å². The Morgan fingerprint density at radius 3 is 0.794 bits per heavy atom. The third-order valence-corrected chi connectivity index (χ3v) is 14.9. The van der Waals surface area contributed by atoms with Gasteiger partial charge in [-0.2, -0.15) is 0 Å². The summed E-state index contributed by atoms with van der Waals surface area (Å²) in [6, 6.07) is 0. The number of nitrogens with zero attached hydrogens (tertiary/aromatic N) is 2. The lowest BCUT2D eigenvalue weighted by molar-refractivity contribution is -0.150. The molecule has 6 nitrogen and oxygen atoms in total. The van der Waals surface area contributed by atoms with Gasteiger partial charge >= 0.3 is 11.9 Å². The number of esters is 2. The zero-order chi connectivity index (χ0) is 49.6. The molecule has 1 unspecified atom stereocenters. The zero-order valence-electron chi connectivity index (χ0n) is 47.5. The van der Waals surface area contributed by atoms with Crippen LogP contribution in [0, 0.1) is 11.8 Å². The Kier molecular flexibility index (Phi) is 54.3. The smallest absolute Gasteiger partial charge is 0.308 e. The average Bonchev–Trinajstić information content (AvgIpc) is 3.33. The molecule has 0 N–H and O–H groups in total. The van der Waals surface area contributed by atoms with Crippen molar-refractivity contribution >= 4 is 11.9 Å². The van der Waals surface area contributed by atoms with E-state index in [1.54, 1.807) is 0 Å². The highest BCUT2D eigenvalue weighted by atomic mass is 16.5. The van der Waals surface area contributed by atoms with Crippen molar-refractivity contribution in [2.24, 2.45) is 11.8 Å². The van der Waals surface area contributed by atoms with Crippen LogP contribution in [0.25, 0.3) is 0 Å². The standard InChI is InChI=1S/C62H124N2O4/c1-7-11-15-19-23-27-28-32-36-44-52-60(51-43-35-31-26-22-18-14-10-4)62(66)68-58-48-40-38-46-54-64(56-55-63(5)6)53-45-37-39-47-57-67-61(65)59(49-41-33-29-24-20-16-12-8-2)50-42-34-30-25-21-17-13-9-3/h59-60H,7-58H2,1-6H3. The highest BCUT2D eigenvalue weighted by molar-refractivity contribution is 5.72. The van der Waals surface area contributed by atoms with Crippen molar-refractivity contribution in [3.63, 3.8) is 0 Å². The quantitative estimate of drug-likeness (QED) is 0.0447. The molecule has 0 spiro atoms. The first-order valence-corrected chi connectivity index (χ1v) is 31.1. The van der Waals surface area contributed by atoms with Crippen LogP contribution in [0.5, 0.6) is 0 Å². The van der Waals surface area contributed by atoms with Gasteiger partial charge in [-0.3, -0.25) is 9.59 Å². The SMILES string of the molecule is CCCCCCCCCCCCC(CCCCCCCCCC)C(=O)OCCCCCCN(CCCCCCOC(=O)C(CCCCCCCCCC)CCCCCCCCCC)CCN(C)C. The maximum Gasteiger partial charge on any atom is 0.308 e. The van der Waals surface area contributed by atoms with Crippen LogP contribution in [0.15, 0.2) is 0 Å². The zero-order valence-corrected chi connectivity index (χ0v) is 47.5. The van der Waals surface area contributed by atoms with Gasteiger partial charge in [0.1, 0.15) is 0 Å². The van der Waals surface area contributed by atoms with Crippen molar-refractivity contribution in [3.8, 4) is 0 Å². The topological polar surface area (TPSA) is 59.1 Å². The Balaban J connectivity index is 4.57. The Morgan fingerprint density at radius 1 is 0.294 bits per heavy atom. The van der Waals surface area contributed by atoms with Crippen LogP contribution >= 0.6 is 0 Å². The van der Waals surface area contributed by atoms with Gasteiger partial charge < -0.3 is 19.3 Å². The van der Waals surface area contributed by atoms with Gasteiger partial charge in [-0.15, -0.1) is 0 Å². The number of hydrogen-bond donors (Lipinski definition) is 0. The van der Waals surface area contributed by atoms with Crippen LogP contribution in [0.4, 0.5) is 0 Å². The first kappa shape index (κ1) is 66.9. The van der Waals surface area contributed by atoms with Gasteiger partial charge in [0.25, 0.3) is 0 Å². The minimum atomic E-state index is 0.0850. The summed E-state index contributed by atoms with van der Waals surface area (Å²) in [6.07, 6.45) is 58.0. The molecule has 0 heterocycles. The van der Waals surface area contributed by atoms with E-state index < -0.39 is 0 Å². The fraction of sp³-hybridized carbons (Fsp3) is 0.968. The van der Waals surface area contributed by atoms with E-state index in [0.29, 0.717) is 13.2 Å². The first-order valence-electron chi connectivity index (χ1n) is 31.1. The monoisotopic (exact) mass is 961 g/mol. The largest absolute Gasteiger partial charge is 0.465 e. The van der Waals surface area contributed by atoms with Crippen molar-refractivity contribution in [2.45, 2.75) is 323 Å². The van der Waals surface area contributed by atoms with E-state index in [1.165, 1.54) is 244 Å². The van der Waals surface area contributed by atoms with E-state index in [9.17, 15) is 9.59 Å². The Labute approximate surface area is 427 Å². The molecule has 0 bridgehead atoms. The molecule has 68 heavy (non-hydrogen) atoms. The summed E-state index contributed by atoms with van der Waals surface area (Å²) in [6.45, 7) is 14.8. The second kappa shape index (κ2) is 55.2. The lowest BCUT2D eigenvalue weighted by Gasteiger charge is -2.24. The van der Waals surface area contributed by atoms with Crippen LogP contribution in [-0.4, -0.2) is 75.2 Å². The van der Waals surface area contributed by atoms with E-state index in [4.69, 9.17) is 9.47 Å². The average molecular weight is 962 g/mol. The van der Waals surface area contributed by atoms with Gasteiger partial charge in [-0.05, 0) is 78.6 Å². The molecule has 0 aliphatic carbocycles. The Hall–Kier alpha value is -1.14. The van der Waals surface area contributed by atoms with Crippen LogP contribution in [0.1, 0.15) is 323 Å². The van der Waals surface area contributed by atoms with E-state index in [-0.39, 0.29) is 23.8 Å². The number of likely N-dealkylation sites (N-methyl/N-ethyl adjacent to an activating group) is 1. The van der Waals surface area contributed by atoms with Crippen LogP contribution < -0.4 is 0 Å². The Bertz CT molecular complexity index is 985. The molecule has 0 aliphatic heterocycles. The van der Waals surface area contributed by atoms with E-state index >= 15 is 0 Å². The lowest BCUT2D eigenvalue weighted by atomic mass is 9.94. The third-order valence-electron chi connectivity index (χ3n) is 14.9. The van der Waals surface area contributed by atoms with Gasteiger partial charge in [-0.25, -0.2) is 0 Å². The summed E-state index contributed by atoms with van der Waals surface area (Å²) in [5.74, 6) is 0.368. The summed E-state index contributed by atoms with van der Waals surface area (Å²) in [5.41, 5.74) is 0. The molecule has 0 fully saturated rings. The number of ether oxygens (including phenoxy) is 2. The van der Waals surface area contributed by atoms with Crippen molar-refractivity contribution in [2.75, 3.05) is 53.5 Å². The summed E-state index contributed by atoms with van der Waals surface area (Å²) < 4.78 is 11.9. The fourth-order valence-corrected chi connectivity index (χ4v) is 10.1. The van der Waals surface area contributed by atoms with E-state index in [2.05, 4.69) is 51.6 Å². The second-order valence-electron chi connectivity index (χ2n) is 22.0. The van der Waals surface area contributed by atoms with Crippen molar-refractivity contribution in [3.05, 3.63) is 0 Å². The number of unbranched alkanes of at least 4 members (excludes halogenated alkanes) is 36. The highest BCUT2D eigenvalue weighted by Crippen LogP contribution is 2.23. The molecule has 0 aromatic heterocycles. The minimum absolute atomic E-state index is 0.0850. The first-order chi connectivity index (χ1) is 33.4. The molecule has 0 radical (unpaired) electrons. The van der Waals surface area contributed by atoms with E-state index in [1.807, 2.05) is 0 Å². The van der Waals surface area contributed by atoms with Gasteiger partial charge in [-0.1, -0.05) is 272 Å². The van der Waals surface area contributed by atoms with Crippen LogP contribution in [-0.2, 0) is 19.1 Å². The minimum Gasteiger partial charge on any atom is -0.465 e. The molecule has 0 saturated heterocycles. The number of carbonyl (C=O) groups excluding carboxylic acids is 2. The molecular weight excluding hydrogens is 837 g/mol. The number of rotatable bonds is 57. The molecule has 6 heteroatoms. The summed E-state index contributed by atoms with van der Waals surface area (Å²) in [5, 5.41) is 0. The number of carbonyl (C=O) groups is 2. The summed E-state index contributed by atoms with van der Waals surface area (Å²) in [7, 11) is 4.35. The highest BCUT2D eigenvalue weighted by Gasteiger charge is 2.21. The molecule has 1 atom stereocenters. The molecule has 0 aliphatic rings. The number of hydrogen-bond acceptors (Lipinski definition) is 6. The third kappa shape index (κ3) is 48.5. The molecule has 406 valence electrons. The predicted octanol–water partition coefficient (Wildman–Crippen LogP) is 19.2. The van der Waals surface area contributed by atoms with E-state index in [0.717, 1.165) is 77.5 Å². The Morgan fingerprint density at radius 2 is 0.529 bits per heavy atom. The predicted molar refractivity (Wildman–Crippen MR) is 299 cm³/mol. The summed E-state index contributed by atoms with van der Waals surface area (Å²) >= 11 is 0. The molecule has 0 aromatic carbocycles. The molecule has 0 rings (SSSR count). The van der Waals surface area contributed by atoms with Crippen molar-refractivity contribution in [1.82, 2.24) is 9.80 Å². The van der Waals surface area contributed by atoms with Crippen LogP contribution in [0.3, 0.4) is 0 Å². The lowest BCUT2D eigenvalue weighted by Crippen LogP contribution is -2.33. The maximum absolute atomic E-state index is 13.3. The molecule has 0 saturated carbocycles. The van der Waals surface area contributed by atoms with Crippen molar-refractivity contribution in [1.29, 1.82) is 0 Å². The summed E-state index contributed by atoms with van der Waals surface area (Å²) in [4.78, 5) is 31.6. The van der Waals surface area contributed by atoms with Gasteiger partial charge in [0.15, 0.2) is 0 Å². The van der Waals surface area contributed by atoms with Gasteiger partial charge in [0, 0.05) is 13.1 Å². The molecular formula is C62H124N2O4. The maximum atomic E-state index is 13.3. The molecule has 0 aromatic rings. The van der Waals surface area contributed by atoms with Gasteiger partial charge in [0.05, 0.1) is 25.0 Å². The van der Waals surface area contributed by atoms with Gasteiger partial charge in [0.2, 0.25) is 0 Å². The van der Waals surface area contributed by atoms with Crippen LogP contribution in [0.2, 0.25) is 0 Å². The normalized spacial score (nSPS) is 12.2. The fourth-order valence-electron chi connectivity index (χ4n) is 10.1. The second-order valence-corrected chi connectivity index (χ2v) is 22.0.